The van der Waals surface area contributed by atoms with E-state index < -0.39 is 5.60 Å². The Balaban J connectivity index is 2.70. The van der Waals surface area contributed by atoms with Crippen LogP contribution in [-0.4, -0.2) is 27.2 Å². The van der Waals surface area contributed by atoms with Gasteiger partial charge in [-0.05, 0) is 20.3 Å². The highest BCUT2D eigenvalue weighted by atomic mass is 16.3. The second kappa shape index (κ2) is 4.44. The molecule has 0 aliphatic heterocycles. The molecule has 1 aromatic heterocycles. The molecule has 1 heterocycles. The predicted octanol–water partition coefficient (Wildman–Crippen LogP) is 0.940. The van der Waals surface area contributed by atoms with Crippen LogP contribution in [-0.2, 0) is 0 Å². The van der Waals surface area contributed by atoms with E-state index in [0.717, 1.165) is 5.56 Å². The SMILES string of the molecule is CCC(C)(O)CNc1ncnc(N)c1C. The van der Waals surface area contributed by atoms with Crippen LogP contribution in [0.4, 0.5) is 11.6 Å². The van der Waals surface area contributed by atoms with Crippen molar-refractivity contribution in [2.45, 2.75) is 32.8 Å². The number of nitrogens with zero attached hydrogens (tertiary/aromatic N) is 2. The predicted molar refractivity (Wildman–Crippen MR) is 60.6 cm³/mol. The van der Waals surface area contributed by atoms with Crippen molar-refractivity contribution in [3.05, 3.63) is 11.9 Å². The van der Waals surface area contributed by atoms with Crippen molar-refractivity contribution in [2.75, 3.05) is 17.6 Å². The second-order valence-corrected chi connectivity index (χ2v) is 3.94. The molecule has 15 heavy (non-hydrogen) atoms. The van der Waals surface area contributed by atoms with Gasteiger partial charge in [0.25, 0.3) is 0 Å². The largest absolute Gasteiger partial charge is 0.388 e. The molecule has 5 heteroatoms. The summed E-state index contributed by atoms with van der Waals surface area (Å²) in [7, 11) is 0. The van der Waals surface area contributed by atoms with Gasteiger partial charge in [-0.1, -0.05) is 6.92 Å². The zero-order valence-corrected chi connectivity index (χ0v) is 9.41. The summed E-state index contributed by atoms with van der Waals surface area (Å²) < 4.78 is 0. The average molecular weight is 210 g/mol. The number of nitrogens with one attached hydrogen (secondary N) is 1. The van der Waals surface area contributed by atoms with Crippen LogP contribution in [0, 0.1) is 6.92 Å². The molecule has 0 aromatic carbocycles. The molecule has 1 aromatic rings. The fraction of sp³-hybridized carbons (Fsp3) is 0.600. The molecule has 0 aliphatic carbocycles. The topological polar surface area (TPSA) is 84.1 Å². The summed E-state index contributed by atoms with van der Waals surface area (Å²) in [6.07, 6.45) is 2.09. The molecule has 1 unspecified atom stereocenters. The molecule has 4 N–H and O–H groups in total. The summed E-state index contributed by atoms with van der Waals surface area (Å²) in [4.78, 5) is 7.93. The maximum Gasteiger partial charge on any atom is 0.134 e. The molecule has 5 nitrogen and oxygen atoms in total. The Morgan fingerprint density at radius 1 is 1.53 bits per heavy atom. The van der Waals surface area contributed by atoms with E-state index >= 15 is 0 Å². The first kappa shape index (κ1) is 11.7. The maximum absolute atomic E-state index is 9.81. The van der Waals surface area contributed by atoms with Crippen molar-refractivity contribution in [1.82, 2.24) is 9.97 Å². The Kier molecular flexibility index (Phi) is 3.47. The van der Waals surface area contributed by atoms with Gasteiger partial charge in [-0.15, -0.1) is 0 Å². The van der Waals surface area contributed by atoms with Gasteiger partial charge in [-0.3, -0.25) is 0 Å². The van der Waals surface area contributed by atoms with E-state index in [9.17, 15) is 5.11 Å². The number of hydrogen-bond acceptors (Lipinski definition) is 5. The second-order valence-electron chi connectivity index (χ2n) is 3.94. The van der Waals surface area contributed by atoms with Crippen molar-refractivity contribution in [2.24, 2.45) is 0 Å². The fourth-order valence-electron chi connectivity index (χ4n) is 1.04. The molecule has 0 fully saturated rings. The van der Waals surface area contributed by atoms with Crippen molar-refractivity contribution < 1.29 is 5.11 Å². The van der Waals surface area contributed by atoms with Gasteiger partial charge >= 0.3 is 0 Å². The molecule has 0 amide bonds. The summed E-state index contributed by atoms with van der Waals surface area (Å²) in [6.45, 7) is 6.00. The Labute approximate surface area is 89.7 Å². The van der Waals surface area contributed by atoms with Crippen molar-refractivity contribution in [3.63, 3.8) is 0 Å². The van der Waals surface area contributed by atoms with Gasteiger partial charge in [0, 0.05) is 12.1 Å². The summed E-state index contributed by atoms with van der Waals surface area (Å²) in [5.74, 6) is 1.14. The Bertz CT molecular complexity index is 338. The van der Waals surface area contributed by atoms with Crippen LogP contribution in [0.3, 0.4) is 0 Å². The summed E-state index contributed by atoms with van der Waals surface area (Å²) in [5.41, 5.74) is 5.72. The molecule has 0 spiro atoms. The van der Waals surface area contributed by atoms with Crippen LogP contribution in [0.1, 0.15) is 25.8 Å². The zero-order chi connectivity index (χ0) is 11.5. The molecule has 0 saturated carbocycles. The van der Waals surface area contributed by atoms with Crippen LogP contribution in [0.25, 0.3) is 0 Å². The number of rotatable bonds is 4. The summed E-state index contributed by atoms with van der Waals surface area (Å²) in [6, 6.07) is 0. The summed E-state index contributed by atoms with van der Waals surface area (Å²) in [5, 5.41) is 12.9. The van der Waals surface area contributed by atoms with E-state index in [1.54, 1.807) is 6.92 Å². The van der Waals surface area contributed by atoms with Gasteiger partial charge < -0.3 is 16.2 Å². The third kappa shape index (κ3) is 3.06. The number of anilines is 2. The Hall–Kier alpha value is -1.36. The zero-order valence-electron chi connectivity index (χ0n) is 9.41. The van der Waals surface area contributed by atoms with Crippen LogP contribution >= 0.6 is 0 Å². The van der Waals surface area contributed by atoms with Crippen molar-refractivity contribution in [1.29, 1.82) is 0 Å². The Morgan fingerprint density at radius 2 is 2.20 bits per heavy atom. The molecular formula is C10H18N4O. The van der Waals surface area contributed by atoms with Crippen molar-refractivity contribution >= 4 is 11.6 Å². The van der Waals surface area contributed by atoms with Crippen LogP contribution < -0.4 is 11.1 Å². The minimum Gasteiger partial charge on any atom is -0.388 e. The lowest BCUT2D eigenvalue weighted by molar-refractivity contribution is 0.0696. The Morgan fingerprint density at radius 3 is 2.80 bits per heavy atom. The number of aromatic nitrogens is 2. The van der Waals surface area contributed by atoms with Crippen molar-refractivity contribution in [3.8, 4) is 0 Å². The van der Waals surface area contributed by atoms with Gasteiger partial charge in [0.2, 0.25) is 0 Å². The molecule has 1 atom stereocenters. The van der Waals surface area contributed by atoms with Gasteiger partial charge in [0.05, 0.1) is 5.60 Å². The van der Waals surface area contributed by atoms with Crippen LogP contribution in [0.15, 0.2) is 6.33 Å². The normalized spacial score (nSPS) is 14.7. The standard InChI is InChI=1S/C10H18N4O/c1-4-10(3,15)5-12-9-7(2)8(11)13-6-14-9/h6,15H,4-5H2,1-3H3,(H3,11,12,13,14). The van der Waals surface area contributed by atoms with Gasteiger partial charge in [0.1, 0.15) is 18.0 Å². The van der Waals surface area contributed by atoms with Gasteiger partial charge in [-0.2, -0.15) is 0 Å². The van der Waals surface area contributed by atoms with E-state index in [-0.39, 0.29) is 0 Å². The molecular weight excluding hydrogens is 192 g/mol. The van der Waals surface area contributed by atoms with E-state index in [2.05, 4.69) is 15.3 Å². The van der Waals surface area contributed by atoms with E-state index in [0.29, 0.717) is 24.6 Å². The third-order valence-electron chi connectivity index (χ3n) is 2.52. The number of hydrogen-bond donors (Lipinski definition) is 3. The monoisotopic (exact) mass is 210 g/mol. The van der Waals surface area contributed by atoms with Gasteiger partial charge in [-0.25, -0.2) is 9.97 Å². The molecule has 1 rings (SSSR count). The first-order valence-corrected chi connectivity index (χ1v) is 4.99. The van der Waals surface area contributed by atoms with Gasteiger partial charge in [0.15, 0.2) is 0 Å². The number of nitrogens with two attached hydrogens (primary N) is 1. The molecule has 0 radical (unpaired) electrons. The van der Waals surface area contributed by atoms with Crippen LogP contribution in [0.5, 0.6) is 0 Å². The molecule has 0 saturated heterocycles. The number of nitrogen functional groups attached to an aromatic ring is 1. The smallest absolute Gasteiger partial charge is 0.134 e. The number of aliphatic hydroxyl groups is 1. The lowest BCUT2D eigenvalue weighted by Crippen LogP contribution is -2.32. The third-order valence-corrected chi connectivity index (χ3v) is 2.52. The van der Waals surface area contributed by atoms with E-state index in [1.807, 2.05) is 13.8 Å². The first-order chi connectivity index (χ1) is 6.96. The molecule has 0 bridgehead atoms. The maximum atomic E-state index is 9.81. The van der Waals surface area contributed by atoms with E-state index in [4.69, 9.17) is 5.73 Å². The highest BCUT2D eigenvalue weighted by Crippen LogP contribution is 2.16. The molecule has 84 valence electrons. The lowest BCUT2D eigenvalue weighted by Gasteiger charge is -2.22. The minimum atomic E-state index is -0.730. The summed E-state index contributed by atoms with van der Waals surface area (Å²) >= 11 is 0. The highest BCUT2D eigenvalue weighted by molar-refractivity contribution is 5.53. The van der Waals surface area contributed by atoms with E-state index in [1.165, 1.54) is 6.33 Å². The quantitative estimate of drug-likeness (QED) is 0.688. The average Bonchev–Trinajstić information content (AvgIpc) is 2.20. The first-order valence-electron chi connectivity index (χ1n) is 4.99. The fourth-order valence-corrected chi connectivity index (χ4v) is 1.04. The molecule has 0 aliphatic rings. The highest BCUT2D eigenvalue weighted by Gasteiger charge is 2.17. The van der Waals surface area contributed by atoms with Crippen LogP contribution in [0.2, 0.25) is 0 Å². The minimum absolute atomic E-state index is 0.445. The lowest BCUT2D eigenvalue weighted by atomic mass is 10.0.